The van der Waals surface area contributed by atoms with Gasteiger partial charge in [-0.2, -0.15) is 0 Å². The summed E-state index contributed by atoms with van der Waals surface area (Å²) in [7, 11) is 3.22. The summed E-state index contributed by atoms with van der Waals surface area (Å²) >= 11 is 0. The van der Waals surface area contributed by atoms with Crippen molar-refractivity contribution < 1.29 is 18.7 Å². The summed E-state index contributed by atoms with van der Waals surface area (Å²) < 4.78 is 23.9. The molecule has 126 valence electrons. The van der Waals surface area contributed by atoms with Gasteiger partial charge in [0.2, 0.25) is 5.91 Å². The smallest absolute Gasteiger partial charge is 0.224 e. The SMILES string of the molecule is COc1cc2c(cc1OC)C(CC(=O)Nc1cccc(F)c1)CC2. The number of halogens is 1. The standard InChI is InChI=1S/C19H20FNO3/c1-23-17-8-12-6-7-13(16(12)11-18(17)24-2)9-19(22)21-15-5-3-4-14(20)10-15/h3-5,8,10-11,13H,6-7,9H2,1-2H3,(H,21,22). The maximum atomic E-state index is 13.2. The third kappa shape index (κ3) is 3.35. The van der Waals surface area contributed by atoms with Gasteiger partial charge >= 0.3 is 0 Å². The van der Waals surface area contributed by atoms with Crippen LogP contribution in [0, 0.1) is 5.82 Å². The lowest BCUT2D eigenvalue weighted by Gasteiger charge is -2.14. The quantitative estimate of drug-likeness (QED) is 0.905. The third-order valence-electron chi connectivity index (χ3n) is 4.39. The van der Waals surface area contributed by atoms with Crippen molar-refractivity contribution in [1.29, 1.82) is 0 Å². The number of fused-ring (bicyclic) bond motifs is 1. The Balaban J connectivity index is 1.73. The van der Waals surface area contributed by atoms with Crippen LogP contribution in [0.5, 0.6) is 11.5 Å². The zero-order valence-corrected chi connectivity index (χ0v) is 13.8. The maximum Gasteiger partial charge on any atom is 0.224 e. The fourth-order valence-corrected chi connectivity index (χ4v) is 3.23. The number of hydrogen-bond acceptors (Lipinski definition) is 3. The fraction of sp³-hybridized carbons (Fsp3) is 0.316. The molecule has 0 radical (unpaired) electrons. The van der Waals surface area contributed by atoms with Gasteiger partial charge in [-0.25, -0.2) is 4.39 Å². The van der Waals surface area contributed by atoms with Crippen LogP contribution in [0.2, 0.25) is 0 Å². The molecule has 0 saturated heterocycles. The number of amides is 1. The Kier molecular flexibility index (Phi) is 4.69. The Bertz CT molecular complexity index is 760. The molecule has 0 fully saturated rings. The molecule has 1 N–H and O–H groups in total. The number of anilines is 1. The Morgan fingerprint density at radius 3 is 2.67 bits per heavy atom. The first kappa shape index (κ1) is 16.3. The van der Waals surface area contributed by atoms with E-state index in [0.717, 1.165) is 18.4 Å². The van der Waals surface area contributed by atoms with Crippen LogP contribution < -0.4 is 14.8 Å². The first-order chi connectivity index (χ1) is 11.6. The van der Waals surface area contributed by atoms with Gasteiger partial charge in [0.25, 0.3) is 0 Å². The molecule has 3 rings (SSSR count). The molecule has 5 heteroatoms. The summed E-state index contributed by atoms with van der Waals surface area (Å²) in [5.74, 6) is 1.03. The number of aryl methyl sites for hydroxylation is 1. The van der Waals surface area contributed by atoms with E-state index in [9.17, 15) is 9.18 Å². The lowest BCUT2D eigenvalue weighted by molar-refractivity contribution is -0.116. The average molecular weight is 329 g/mol. The zero-order chi connectivity index (χ0) is 17.1. The molecule has 0 saturated carbocycles. The first-order valence-corrected chi connectivity index (χ1v) is 7.91. The van der Waals surface area contributed by atoms with Crippen LogP contribution in [-0.2, 0) is 11.2 Å². The maximum absolute atomic E-state index is 13.2. The predicted octanol–water partition coefficient (Wildman–Crippen LogP) is 3.90. The summed E-state index contributed by atoms with van der Waals surface area (Å²) in [6.45, 7) is 0. The van der Waals surface area contributed by atoms with Gasteiger partial charge in [0, 0.05) is 12.1 Å². The van der Waals surface area contributed by atoms with Crippen LogP contribution in [0.1, 0.15) is 29.9 Å². The minimum atomic E-state index is -0.365. The molecule has 0 aromatic heterocycles. The molecular formula is C19H20FNO3. The van der Waals surface area contributed by atoms with Crippen LogP contribution in [0.25, 0.3) is 0 Å². The minimum absolute atomic E-state index is 0.117. The van der Waals surface area contributed by atoms with Crippen molar-refractivity contribution in [3.63, 3.8) is 0 Å². The number of hydrogen-bond donors (Lipinski definition) is 1. The average Bonchev–Trinajstić information content (AvgIpc) is 2.95. The number of methoxy groups -OCH3 is 2. The molecule has 1 aliphatic rings. The van der Waals surface area contributed by atoms with Gasteiger partial charge in [0.15, 0.2) is 11.5 Å². The summed E-state index contributed by atoms with van der Waals surface area (Å²) in [5.41, 5.74) is 2.80. The van der Waals surface area contributed by atoms with Crippen LogP contribution >= 0.6 is 0 Å². The summed E-state index contributed by atoms with van der Waals surface area (Å²) in [6.07, 6.45) is 2.18. The second kappa shape index (κ2) is 6.91. The molecule has 0 bridgehead atoms. The molecule has 0 aliphatic heterocycles. The number of carbonyl (C=O) groups is 1. The van der Waals surface area contributed by atoms with Crippen molar-refractivity contribution in [2.75, 3.05) is 19.5 Å². The van der Waals surface area contributed by atoms with E-state index in [0.29, 0.717) is 23.6 Å². The molecule has 24 heavy (non-hydrogen) atoms. The Labute approximate surface area is 140 Å². The predicted molar refractivity (Wildman–Crippen MR) is 90.3 cm³/mol. The van der Waals surface area contributed by atoms with E-state index in [2.05, 4.69) is 5.32 Å². The molecule has 0 heterocycles. The van der Waals surface area contributed by atoms with Crippen molar-refractivity contribution in [1.82, 2.24) is 0 Å². The van der Waals surface area contributed by atoms with Gasteiger partial charge < -0.3 is 14.8 Å². The van der Waals surface area contributed by atoms with Crippen LogP contribution in [0.4, 0.5) is 10.1 Å². The first-order valence-electron chi connectivity index (χ1n) is 7.91. The molecule has 1 aliphatic carbocycles. The highest BCUT2D eigenvalue weighted by Gasteiger charge is 2.27. The number of rotatable bonds is 5. The molecule has 1 unspecified atom stereocenters. The van der Waals surface area contributed by atoms with Crippen molar-refractivity contribution in [3.05, 3.63) is 53.3 Å². The largest absolute Gasteiger partial charge is 0.493 e. The monoisotopic (exact) mass is 329 g/mol. The van der Waals surface area contributed by atoms with E-state index in [1.807, 2.05) is 12.1 Å². The summed E-state index contributed by atoms with van der Waals surface area (Å²) in [4.78, 5) is 12.3. The molecule has 2 aromatic carbocycles. The van der Waals surface area contributed by atoms with E-state index in [-0.39, 0.29) is 17.6 Å². The minimum Gasteiger partial charge on any atom is -0.493 e. The molecule has 4 nitrogen and oxygen atoms in total. The van der Waals surface area contributed by atoms with Crippen molar-refractivity contribution >= 4 is 11.6 Å². The van der Waals surface area contributed by atoms with Crippen LogP contribution in [0.3, 0.4) is 0 Å². The molecule has 2 aromatic rings. The zero-order valence-electron chi connectivity index (χ0n) is 13.8. The van der Waals surface area contributed by atoms with Crippen molar-refractivity contribution in [2.24, 2.45) is 0 Å². The van der Waals surface area contributed by atoms with Crippen LogP contribution in [0.15, 0.2) is 36.4 Å². The van der Waals surface area contributed by atoms with Gasteiger partial charge in [-0.05, 0) is 60.2 Å². The molecule has 1 atom stereocenters. The molecule has 1 amide bonds. The van der Waals surface area contributed by atoms with Gasteiger partial charge in [-0.1, -0.05) is 6.07 Å². The van der Waals surface area contributed by atoms with Crippen molar-refractivity contribution in [2.45, 2.75) is 25.2 Å². The summed E-state index contributed by atoms with van der Waals surface area (Å²) in [5, 5.41) is 2.76. The van der Waals surface area contributed by atoms with Crippen LogP contribution in [-0.4, -0.2) is 20.1 Å². The van der Waals surface area contributed by atoms with Crippen molar-refractivity contribution in [3.8, 4) is 11.5 Å². The second-order valence-electron chi connectivity index (χ2n) is 5.90. The van der Waals surface area contributed by atoms with Gasteiger partial charge in [-0.15, -0.1) is 0 Å². The number of nitrogens with one attached hydrogen (secondary N) is 1. The Morgan fingerprint density at radius 2 is 1.96 bits per heavy atom. The van der Waals surface area contributed by atoms with E-state index in [1.54, 1.807) is 26.4 Å². The Hall–Kier alpha value is -2.56. The van der Waals surface area contributed by atoms with E-state index in [1.165, 1.54) is 17.7 Å². The second-order valence-corrected chi connectivity index (χ2v) is 5.90. The number of carbonyl (C=O) groups excluding carboxylic acids is 1. The van der Waals surface area contributed by atoms with E-state index >= 15 is 0 Å². The molecule has 0 spiro atoms. The number of ether oxygens (including phenoxy) is 2. The number of benzene rings is 2. The lowest BCUT2D eigenvalue weighted by Crippen LogP contribution is -2.14. The third-order valence-corrected chi connectivity index (χ3v) is 4.39. The van der Waals surface area contributed by atoms with E-state index < -0.39 is 0 Å². The topological polar surface area (TPSA) is 47.6 Å². The highest BCUT2D eigenvalue weighted by molar-refractivity contribution is 5.91. The van der Waals surface area contributed by atoms with Gasteiger partial charge in [-0.3, -0.25) is 4.79 Å². The highest BCUT2D eigenvalue weighted by Crippen LogP contribution is 2.41. The normalized spacial score (nSPS) is 15.7. The Morgan fingerprint density at radius 1 is 1.21 bits per heavy atom. The van der Waals surface area contributed by atoms with E-state index in [4.69, 9.17) is 9.47 Å². The van der Waals surface area contributed by atoms with Gasteiger partial charge in [0.1, 0.15) is 5.82 Å². The fourth-order valence-electron chi connectivity index (χ4n) is 3.23. The highest BCUT2D eigenvalue weighted by atomic mass is 19.1. The molecular weight excluding hydrogens is 309 g/mol. The van der Waals surface area contributed by atoms with Gasteiger partial charge in [0.05, 0.1) is 14.2 Å². The summed E-state index contributed by atoms with van der Waals surface area (Å²) in [6, 6.07) is 9.86. The lowest BCUT2D eigenvalue weighted by atomic mass is 9.97.